The number of nitrogens with two attached hydrogens (primary N) is 1. The van der Waals surface area contributed by atoms with E-state index in [9.17, 15) is 0 Å². The van der Waals surface area contributed by atoms with Gasteiger partial charge in [0.25, 0.3) is 0 Å². The van der Waals surface area contributed by atoms with E-state index in [4.69, 9.17) is 5.73 Å². The summed E-state index contributed by atoms with van der Waals surface area (Å²) in [7, 11) is 0. The Kier molecular flexibility index (Phi) is 2.52. The van der Waals surface area contributed by atoms with E-state index in [-0.39, 0.29) is 5.41 Å². The fourth-order valence-electron chi connectivity index (χ4n) is 2.65. The molecule has 0 aliphatic heterocycles. The number of hydrogen-bond donors (Lipinski definition) is 1. The van der Waals surface area contributed by atoms with Crippen LogP contribution >= 0.6 is 0 Å². The van der Waals surface area contributed by atoms with Gasteiger partial charge < -0.3 is 5.73 Å². The van der Waals surface area contributed by atoms with Crippen LogP contribution in [0.3, 0.4) is 0 Å². The molecule has 0 aromatic heterocycles. The standard InChI is InChI=1S/C15H23N/c1-9-8-12(15(3,4)5)10(2)14(16)13(9)11-6-7-11/h8,11H,6-7,16H2,1-5H3. The zero-order chi connectivity index (χ0) is 12.1. The molecule has 1 aliphatic rings. The van der Waals surface area contributed by atoms with Gasteiger partial charge in [0.1, 0.15) is 0 Å². The van der Waals surface area contributed by atoms with Crippen molar-refractivity contribution in [3.8, 4) is 0 Å². The molecule has 0 spiro atoms. The summed E-state index contributed by atoms with van der Waals surface area (Å²) < 4.78 is 0. The summed E-state index contributed by atoms with van der Waals surface area (Å²) in [5, 5.41) is 0. The average molecular weight is 217 g/mol. The van der Waals surface area contributed by atoms with Crippen molar-refractivity contribution < 1.29 is 0 Å². The van der Waals surface area contributed by atoms with Gasteiger partial charge in [-0.15, -0.1) is 0 Å². The Bertz CT molecular complexity index is 420. The molecule has 0 atom stereocenters. The Labute approximate surface area is 99.0 Å². The van der Waals surface area contributed by atoms with Crippen molar-refractivity contribution in [2.24, 2.45) is 0 Å². The third kappa shape index (κ3) is 1.83. The van der Waals surface area contributed by atoms with Crippen LogP contribution in [0.15, 0.2) is 6.07 Å². The van der Waals surface area contributed by atoms with E-state index in [0.717, 1.165) is 11.6 Å². The molecular weight excluding hydrogens is 194 g/mol. The van der Waals surface area contributed by atoms with E-state index in [1.807, 2.05) is 0 Å². The van der Waals surface area contributed by atoms with Crippen LogP contribution in [-0.4, -0.2) is 0 Å². The van der Waals surface area contributed by atoms with E-state index in [0.29, 0.717) is 0 Å². The second kappa shape index (κ2) is 3.51. The van der Waals surface area contributed by atoms with Gasteiger partial charge in [0.15, 0.2) is 0 Å². The summed E-state index contributed by atoms with van der Waals surface area (Å²) in [6.07, 6.45) is 2.64. The first-order valence-corrected chi connectivity index (χ1v) is 6.22. The van der Waals surface area contributed by atoms with Crippen molar-refractivity contribution in [3.05, 3.63) is 28.3 Å². The third-order valence-corrected chi connectivity index (χ3v) is 3.68. The normalized spacial score (nSPS) is 16.6. The lowest BCUT2D eigenvalue weighted by Crippen LogP contribution is -2.16. The van der Waals surface area contributed by atoms with Gasteiger partial charge in [-0.3, -0.25) is 0 Å². The summed E-state index contributed by atoms with van der Waals surface area (Å²) in [4.78, 5) is 0. The maximum atomic E-state index is 6.32. The monoisotopic (exact) mass is 217 g/mol. The molecule has 2 N–H and O–H groups in total. The lowest BCUT2D eigenvalue weighted by molar-refractivity contribution is 0.585. The number of aryl methyl sites for hydroxylation is 1. The molecule has 2 rings (SSSR count). The molecule has 0 amide bonds. The Morgan fingerprint density at radius 3 is 2.19 bits per heavy atom. The second-order valence-electron chi connectivity index (χ2n) is 6.22. The highest BCUT2D eigenvalue weighted by Crippen LogP contribution is 2.46. The van der Waals surface area contributed by atoms with Crippen LogP contribution in [0.2, 0.25) is 0 Å². The maximum Gasteiger partial charge on any atom is 0.0384 e. The number of nitrogen functional groups attached to an aromatic ring is 1. The molecule has 1 heteroatoms. The molecule has 1 aliphatic carbocycles. The highest BCUT2D eigenvalue weighted by molar-refractivity contribution is 5.63. The zero-order valence-corrected chi connectivity index (χ0v) is 11.1. The van der Waals surface area contributed by atoms with Gasteiger partial charge >= 0.3 is 0 Å². The largest absolute Gasteiger partial charge is 0.398 e. The Morgan fingerprint density at radius 2 is 1.75 bits per heavy atom. The minimum Gasteiger partial charge on any atom is -0.398 e. The van der Waals surface area contributed by atoms with Crippen molar-refractivity contribution in [1.29, 1.82) is 0 Å². The Balaban J connectivity index is 2.60. The molecule has 88 valence electrons. The molecule has 1 aromatic carbocycles. The first-order valence-electron chi connectivity index (χ1n) is 6.22. The van der Waals surface area contributed by atoms with Crippen LogP contribution in [0.4, 0.5) is 5.69 Å². The van der Waals surface area contributed by atoms with E-state index < -0.39 is 0 Å². The molecular formula is C15H23N. The fraction of sp³-hybridized carbons (Fsp3) is 0.600. The highest BCUT2D eigenvalue weighted by Gasteiger charge is 2.29. The molecule has 1 aromatic rings. The molecule has 16 heavy (non-hydrogen) atoms. The van der Waals surface area contributed by atoms with E-state index in [2.05, 4.69) is 40.7 Å². The molecule has 0 heterocycles. The van der Waals surface area contributed by atoms with Crippen LogP contribution < -0.4 is 5.73 Å². The van der Waals surface area contributed by atoms with Crippen LogP contribution in [0.5, 0.6) is 0 Å². The zero-order valence-electron chi connectivity index (χ0n) is 11.1. The van der Waals surface area contributed by atoms with Gasteiger partial charge in [0, 0.05) is 5.69 Å². The predicted molar refractivity (Wildman–Crippen MR) is 71.0 cm³/mol. The first kappa shape index (κ1) is 11.5. The molecule has 1 saturated carbocycles. The molecule has 0 radical (unpaired) electrons. The summed E-state index contributed by atoms with van der Waals surface area (Å²) in [6, 6.07) is 2.35. The van der Waals surface area contributed by atoms with E-state index >= 15 is 0 Å². The first-order chi connectivity index (χ1) is 7.32. The molecule has 0 unspecified atom stereocenters. The lowest BCUT2D eigenvalue weighted by atomic mass is 9.81. The van der Waals surface area contributed by atoms with E-state index in [1.54, 1.807) is 0 Å². The molecule has 0 saturated heterocycles. The van der Waals surface area contributed by atoms with Crippen LogP contribution in [0.25, 0.3) is 0 Å². The van der Waals surface area contributed by atoms with Crippen LogP contribution in [0.1, 0.15) is 61.8 Å². The summed E-state index contributed by atoms with van der Waals surface area (Å²) in [6.45, 7) is 11.1. The van der Waals surface area contributed by atoms with Crippen molar-refractivity contribution >= 4 is 5.69 Å². The minimum atomic E-state index is 0.186. The van der Waals surface area contributed by atoms with Gasteiger partial charge in [-0.25, -0.2) is 0 Å². The smallest absolute Gasteiger partial charge is 0.0384 e. The van der Waals surface area contributed by atoms with Gasteiger partial charge in [-0.1, -0.05) is 26.8 Å². The molecule has 1 nitrogen and oxygen atoms in total. The quantitative estimate of drug-likeness (QED) is 0.705. The molecule has 1 fully saturated rings. The van der Waals surface area contributed by atoms with Gasteiger partial charge in [-0.2, -0.15) is 0 Å². The number of rotatable bonds is 1. The summed E-state index contributed by atoms with van der Waals surface area (Å²) >= 11 is 0. The highest BCUT2D eigenvalue weighted by atomic mass is 14.6. The Hall–Kier alpha value is -0.980. The average Bonchev–Trinajstić information content (AvgIpc) is 2.93. The van der Waals surface area contributed by atoms with E-state index in [1.165, 1.54) is 35.1 Å². The van der Waals surface area contributed by atoms with Gasteiger partial charge in [0.2, 0.25) is 0 Å². The number of benzene rings is 1. The molecule has 0 bridgehead atoms. The number of hydrogen-bond acceptors (Lipinski definition) is 1. The lowest BCUT2D eigenvalue weighted by Gasteiger charge is -2.25. The van der Waals surface area contributed by atoms with Gasteiger partial charge in [-0.05, 0) is 60.3 Å². The van der Waals surface area contributed by atoms with Crippen molar-refractivity contribution in [2.45, 2.75) is 58.8 Å². The minimum absolute atomic E-state index is 0.186. The Morgan fingerprint density at radius 1 is 1.19 bits per heavy atom. The van der Waals surface area contributed by atoms with Crippen molar-refractivity contribution in [3.63, 3.8) is 0 Å². The topological polar surface area (TPSA) is 26.0 Å². The SMILES string of the molecule is Cc1cc(C(C)(C)C)c(C)c(N)c1C1CC1. The van der Waals surface area contributed by atoms with Crippen molar-refractivity contribution in [2.75, 3.05) is 5.73 Å². The van der Waals surface area contributed by atoms with Crippen LogP contribution in [0, 0.1) is 13.8 Å². The maximum absolute atomic E-state index is 6.32. The fourth-order valence-corrected chi connectivity index (χ4v) is 2.65. The number of anilines is 1. The predicted octanol–water partition coefficient (Wildman–Crippen LogP) is 4.06. The summed E-state index contributed by atoms with van der Waals surface area (Å²) in [5.41, 5.74) is 13.0. The van der Waals surface area contributed by atoms with Crippen molar-refractivity contribution in [1.82, 2.24) is 0 Å². The second-order valence-corrected chi connectivity index (χ2v) is 6.22. The summed E-state index contributed by atoms with van der Waals surface area (Å²) in [5.74, 6) is 0.743. The third-order valence-electron chi connectivity index (χ3n) is 3.68. The van der Waals surface area contributed by atoms with Gasteiger partial charge in [0.05, 0.1) is 0 Å². The van der Waals surface area contributed by atoms with Crippen LogP contribution in [-0.2, 0) is 5.41 Å².